The van der Waals surface area contributed by atoms with Crippen molar-refractivity contribution in [1.82, 2.24) is 25.1 Å². The molecule has 2 N–H and O–H groups in total. The molecule has 3 aromatic rings. The lowest BCUT2D eigenvalue weighted by Gasteiger charge is -2.28. The number of aryl methyl sites for hydroxylation is 1. The molecule has 5 rings (SSSR count). The third-order valence-electron chi connectivity index (χ3n) is 6.33. The Balaban J connectivity index is 0.00000245. The van der Waals surface area contributed by atoms with Gasteiger partial charge in [0.2, 0.25) is 0 Å². The predicted molar refractivity (Wildman–Crippen MR) is 123 cm³/mol. The van der Waals surface area contributed by atoms with E-state index in [-0.39, 0.29) is 30.4 Å². The van der Waals surface area contributed by atoms with Gasteiger partial charge in [-0.1, -0.05) is 0 Å². The number of alkyl halides is 1. The van der Waals surface area contributed by atoms with Gasteiger partial charge in [-0.15, -0.1) is 12.4 Å². The summed E-state index contributed by atoms with van der Waals surface area (Å²) in [4.78, 5) is 11.0. The monoisotopic (exact) mass is 462 g/mol. The zero-order valence-corrected chi connectivity index (χ0v) is 19.0. The molecule has 172 valence electrons. The van der Waals surface area contributed by atoms with Gasteiger partial charge < -0.3 is 20.1 Å². The first-order valence-corrected chi connectivity index (χ1v) is 10.7. The summed E-state index contributed by atoms with van der Waals surface area (Å²) < 4.78 is 21.8. The molecule has 0 radical (unpaired) electrons. The van der Waals surface area contributed by atoms with Crippen molar-refractivity contribution in [1.29, 1.82) is 0 Å². The van der Waals surface area contributed by atoms with E-state index >= 15 is 0 Å². The number of ether oxygens (including phenoxy) is 1. The lowest BCUT2D eigenvalue weighted by Crippen LogP contribution is -2.36. The summed E-state index contributed by atoms with van der Waals surface area (Å²) in [6, 6.07) is 6.22. The summed E-state index contributed by atoms with van der Waals surface area (Å²) in [5, 5.41) is 18.6. The molecular formula is C22H28ClFN6O2. The van der Waals surface area contributed by atoms with Crippen LogP contribution in [0.5, 0.6) is 6.01 Å². The van der Waals surface area contributed by atoms with Crippen molar-refractivity contribution in [2.45, 2.75) is 38.0 Å². The fourth-order valence-corrected chi connectivity index (χ4v) is 4.67. The quantitative estimate of drug-likeness (QED) is 0.616. The SMILES string of the molecule is COc1nc(N2CC[C@@H](O)C2)cc(-n2ncc3cc(C)c(C4CCNCC4F)cc32)n1.Cl. The number of hydrogen-bond acceptors (Lipinski definition) is 7. The first-order chi connectivity index (χ1) is 15.0. The molecule has 0 amide bonds. The first-order valence-electron chi connectivity index (χ1n) is 10.7. The number of hydrogen-bond donors (Lipinski definition) is 2. The van der Waals surface area contributed by atoms with Crippen molar-refractivity contribution in [2.75, 3.05) is 38.2 Å². The fraction of sp³-hybridized carbons (Fsp3) is 0.500. The number of anilines is 1. The number of rotatable bonds is 4. The van der Waals surface area contributed by atoms with Crippen LogP contribution >= 0.6 is 12.4 Å². The summed E-state index contributed by atoms with van der Waals surface area (Å²) in [5.74, 6) is 1.14. The van der Waals surface area contributed by atoms with Gasteiger partial charge in [-0.3, -0.25) is 0 Å². The highest BCUT2D eigenvalue weighted by Gasteiger charge is 2.28. The molecule has 8 nitrogen and oxygen atoms in total. The molecule has 3 atom stereocenters. The Kier molecular flexibility index (Phi) is 6.50. The number of methoxy groups -OCH3 is 1. The predicted octanol–water partition coefficient (Wildman–Crippen LogP) is 2.54. The maximum absolute atomic E-state index is 14.7. The number of fused-ring (bicyclic) bond motifs is 1. The van der Waals surface area contributed by atoms with Crippen molar-refractivity contribution >= 4 is 29.1 Å². The number of aromatic nitrogens is 4. The van der Waals surface area contributed by atoms with E-state index in [2.05, 4.69) is 26.4 Å². The van der Waals surface area contributed by atoms with Crippen molar-refractivity contribution < 1.29 is 14.2 Å². The van der Waals surface area contributed by atoms with Crippen LogP contribution in [-0.2, 0) is 0 Å². The van der Waals surface area contributed by atoms with Crippen LogP contribution in [0.1, 0.15) is 29.9 Å². The van der Waals surface area contributed by atoms with Gasteiger partial charge >= 0.3 is 6.01 Å². The van der Waals surface area contributed by atoms with Gasteiger partial charge in [0.25, 0.3) is 0 Å². The summed E-state index contributed by atoms with van der Waals surface area (Å²) in [6.45, 7) is 4.48. The van der Waals surface area contributed by atoms with E-state index in [1.807, 2.05) is 24.0 Å². The molecule has 2 unspecified atom stereocenters. The van der Waals surface area contributed by atoms with Crippen LogP contribution in [0.3, 0.4) is 0 Å². The Labute approximate surface area is 192 Å². The molecule has 0 aliphatic carbocycles. The molecule has 0 saturated carbocycles. The first kappa shape index (κ1) is 22.7. The average Bonchev–Trinajstić information content (AvgIpc) is 3.39. The third kappa shape index (κ3) is 4.12. The average molecular weight is 463 g/mol. The lowest BCUT2D eigenvalue weighted by atomic mass is 9.85. The summed E-state index contributed by atoms with van der Waals surface area (Å²) >= 11 is 0. The standard InChI is InChI=1S/C22H27FN6O2.ClH/c1-13-7-14-10-25-29(19(14)8-17(13)16-3-5-24-11-18(16)23)21-9-20(26-22(27-21)31-2)28-6-4-15(30)12-28;/h7-10,15-16,18,24,30H,3-6,11-12H2,1-2H3;1H/t15-,16?,18?;/m1./s1. The van der Waals surface area contributed by atoms with E-state index in [1.54, 1.807) is 10.9 Å². The highest BCUT2D eigenvalue weighted by molar-refractivity contribution is 5.85. The number of aliphatic hydroxyl groups excluding tert-OH is 1. The van der Waals surface area contributed by atoms with E-state index in [9.17, 15) is 9.50 Å². The molecule has 4 heterocycles. The molecule has 2 saturated heterocycles. The molecule has 10 heteroatoms. The van der Waals surface area contributed by atoms with Gasteiger partial charge in [0.05, 0.1) is 24.9 Å². The van der Waals surface area contributed by atoms with Crippen LogP contribution in [0, 0.1) is 6.92 Å². The van der Waals surface area contributed by atoms with Gasteiger partial charge in [-0.05, 0) is 49.6 Å². The van der Waals surface area contributed by atoms with Crippen LogP contribution in [0.2, 0.25) is 0 Å². The molecule has 32 heavy (non-hydrogen) atoms. The van der Waals surface area contributed by atoms with Gasteiger partial charge in [0, 0.05) is 37.0 Å². The molecule has 1 aromatic carbocycles. The van der Waals surface area contributed by atoms with Crippen LogP contribution in [-0.4, -0.2) is 70.4 Å². The second-order valence-electron chi connectivity index (χ2n) is 8.40. The van der Waals surface area contributed by atoms with E-state index in [1.165, 1.54) is 7.11 Å². The zero-order valence-electron chi connectivity index (χ0n) is 18.2. The van der Waals surface area contributed by atoms with E-state index < -0.39 is 6.17 Å². The molecule has 2 aliphatic heterocycles. The van der Waals surface area contributed by atoms with Crippen LogP contribution in [0.4, 0.5) is 10.2 Å². The van der Waals surface area contributed by atoms with Gasteiger partial charge in [-0.25, -0.2) is 9.07 Å². The number of β-amino-alcohol motifs (C(OH)–C–C–N with tert-alkyl or cyclic N) is 1. The highest BCUT2D eigenvalue weighted by atomic mass is 35.5. The fourth-order valence-electron chi connectivity index (χ4n) is 4.67. The Bertz CT molecular complexity index is 1110. The normalized spacial score (nSPS) is 23.4. The van der Waals surface area contributed by atoms with E-state index in [4.69, 9.17) is 4.74 Å². The lowest BCUT2D eigenvalue weighted by molar-refractivity contribution is 0.198. The largest absolute Gasteiger partial charge is 0.467 e. The summed E-state index contributed by atoms with van der Waals surface area (Å²) in [7, 11) is 1.53. The topological polar surface area (TPSA) is 88.3 Å². The zero-order chi connectivity index (χ0) is 21.5. The smallest absolute Gasteiger partial charge is 0.320 e. The van der Waals surface area contributed by atoms with Crippen LogP contribution in [0.25, 0.3) is 16.7 Å². The number of piperidine rings is 1. The van der Waals surface area contributed by atoms with Crippen LogP contribution < -0.4 is 15.0 Å². The van der Waals surface area contributed by atoms with Crippen molar-refractivity contribution in [3.8, 4) is 11.8 Å². The van der Waals surface area contributed by atoms with Gasteiger partial charge in [0.15, 0.2) is 5.82 Å². The summed E-state index contributed by atoms with van der Waals surface area (Å²) in [5.41, 5.74) is 2.97. The van der Waals surface area contributed by atoms with Crippen molar-refractivity contribution in [2.24, 2.45) is 0 Å². The van der Waals surface area contributed by atoms with E-state index in [0.717, 1.165) is 41.5 Å². The molecule has 2 fully saturated rings. The van der Waals surface area contributed by atoms with Crippen LogP contribution in [0.15, 0.2) is 24.4 Å². The molecule has 2 aromatic heterocycles. The molecule has 0 spiro atoms. The second-order valence-corrected chi connectivity index (χ2v) is 8.40. The Morgan fingerprint density at radius 1 is 1.19 bits per heavy atom. The number of nitrogens with one attached hydrogen (secondary N) is 1. The maximum atomic E-state index is 14.7. The summed E-state index contributed by atoms with van der Waals surface area (Å²) in [6.07, 6.45) is 2.00. The molecule has 2 aliphatic rings. The highest BCUT2D eigenvalue weighted by Crippen LogP contribution is 2.33. The van der Waals surface area contributed by atoms with Gasteiger partial charge in [-0.2, -0.15) is 15.1 Å². The number of benzene rings is 1. The van der Waals surface area contributed by atoms with E-state index in [0.29, 0.717) is 31.1 Å². The molecular weight excluding hydrogens is 435 g/mol. The third-order valence-corrected chi connectivity index (χ3v) is 6.33. The minimum absolute atomic E-state index is 0. The maximum Gasteiger partial charge on any atom is 0.320 e. The van der Waals surface area contributed by atoms with Gasteiger partial charge in [0.1, 0.15) is 12.0 Å². The van der Waals surface area contributed by atoms with Crippen molar-refractivity contribution in [3.05, 3.63) is 35.5 Å². The Morgan fingerprint density at radius 2 is 2.00 bits per heavy atom. The minimum Gasteiger partial charge on any atom is -0.467 e. The number of halogens is 2. The number of nitrogens with zero attached hydrogens (tertiary/aromatic N) is 5. The Morgan fingerprint density at radius 3 is 2.72 bits per heavy atom. The van der Waals surface area contributed by atoms with Crippen molar-refractivity contribution in [3.63, 3.8) is 0 Å². The number of aliphatic hydroxyl groups is 1. The Hall–Kier alpha value is -2.49. The minimum atomic E-state index is -0.909. The second kappa shape index (κ2) is 9.17. The molecule has 0 bridgehead atoms.